The van der Waals surface area contributed by atoms with E-state index in [4.69, 9.17) is 14.4 Å². The minimum Gasteiger partial charge on any atom is -0.460 e. The molecule has 0 saturated carbocycles. The van der Waals surface area contributed by atoms with Crippen LogP contribution in [0.2, 0.25) is 0 Å². The number of aryl methyl sites for hydroxylation is 1. The molecule has 3 aromatic heterocycles. The van der Waals surface area contributed by atoms with Crippen LogP contribution in [0.15, 0.2) is 126 Å². The predicted octanol–water partition coefficient (Wildman–Crippen LogP) is 10.3. The van der Waals surface area contributed by atoms with Gasteiger partial charge in [0, 0.05) is 44.5 Å². The molecule has 236 valence electrons. The molecular weight excluding hydrogens is 611 g/mol. The molecule has 4 nitrogen and oxygen atoms in total. The van der Waals surface area contributed by atoms with Crippen molar-refractivity contribution >= 4 is 72.5 Å². The van der Waals surface area contributed by atoms with Gasteiger partial charge in [0.05, 0.1) is 22.1 Å². The highest BCUT2D eigenvalue weighted by Gasteiger charge is 2.22. The molecule has 50 heavy (non-hydrogen) atoms. The van der Waals surface area contributed by atoms with Gasteiger partial charge < -0.3 is 4.42 Å². The molecule has 0 bridgehead atoms. The van der Waals surface area contributed by atoms with Crippen LogP contribution in [-0.2, 0) is 6.42 Å². The Balaban J connectivity index is 1.22. The smallest absolute Gasteiger partial charge is 0.235 e. The Bertz CT molecular complexity index is 3040. The Kier molecular flexibility index (Phi) is 5.88. The van der Waals surface area contributed by atoms with Crippen molar-refractivity contribution in [2.45, 2.75) is 25.7 Å². The van der Waals surface area contributed by atoms with E-state index in [1.54, 1.807) is 0 Å². The van der Waals surface area contributed by atoms with Gasteiger partial charge >= 0.3 is 0 Å². The van der Waals surface area contributed by atoms with Gasteiger partial charge in [-0.25, -0.2) is 9.97 Å². The van der Waals surface area contributed by atoms with Crippen LogP contribution in [0.3, 0.4) is 0 Å². The molecule has 0 atom stereocenters. The molecule has 2 aliphatic rings. The van der Waals surface area contributed by atoms with Crippen molar-refractivity contribution in [1.29, 1.82) is 0 Å². The zero-order chi connectivity index (χ0) is 32.8. The summed E-state index contributed by atoms with van der Waals surface area (Å²) >= 11 is 0. The summed E-state index contributed by atoms with van der Waals surface area (Å²) in [6.07, 6.45) is 13.0. The molecular formula is C46H31N3O. The maximum absolute atomic E-state index is 6.58. The molecule has 0 fully saturated rings. The lowest BCUT2D eigenvalue weighted by Crippen LogP contribution is -2.34. The van der Waals surface area contributed by atoms with E-state index >= 15 is 0 Å². The second-order valence-corrected chi connectivity index (χ2v) is 13.5. The Morgan fingerprint density at radius 3 is 2.30 bits per heavy atom. The Morgan fingerprint density at radius 2 is 1.36 bits per heavy atom. The number of hydrogen-bond acceptors (Lipinski definition) is 3. The van der Waals surface area contributed by atoms with E-state index in [0.717, 1.165) is 81.0 Å². The number of furan rings is 1. The summed E-state index contributed by atoms with van der Waals surface area (Å²) in [5.41, 5.74) is 8.71. The van der Waals surface area contributed by atoms with Gasteiger partial charge in [-0.15, -0.1) is 0 Å². The van der Waals surface area contributed by atoms with E-state index in [-0.39, 0.29) is 0 Å². The van der Waals surface area contributed by atoms with Crippen LogP contribution in [0.4, 0.5) is 0 Å². The zero-order valence-electron chi connectivity index (χ0n) is 27.4. The lowest BCUT2D eigenvalue weighted by molar-refractivity contribution is 0.547. The molecule has 0 N–H and O–H groups in total. The number of rotatable bonds is 3. The summed E-state index contributed by atoms with van der Waals surface area (Å²) in [6.45, 7) is 0. The summed E-state index contributed by atoms with van der Waals surface area (Å²) in [7, 11) is 0. The molecule has 0 radical (unpaired) electrons. The van der Waals surface area contributed by atoms with Crippen LogP contribution in [0.5, 0.6) is 0 Å². The van der Waals surface area contributed by atoms with Gasteiger partial charge in [-0.1, -0.05) is 121 Å². The van der Waals surface area contributed by atoms with E-state index in [9.17, 15) is 0 Å². The lowest BCUT2D eigenvalue weighted by Gasteiger charge is -2.13. The van der Waals surface area contributed by atoms with E-state index in [0.29, 0.717) is 5.95 Å². The average Bonchev–Trinajstić information content (AvgIpc) is 3.73. The number of allylic oxidation sites excluding steroid dienone is 1. The SMILES string of the molecule is C1=Cc2c(oc3c(-c4ccc5c(c4)c4c6ccccc6ccc4n5-c4nc(-c5cccc6ccccc56)c5c(n4)=CCCC=5)cccc23)CC1. The zero-order valence-corrected chi connectivity index (χ0v) is 27.4. The summed E-state index contributed by atoms with van der Waals surface area (Å²) in [5, 5.41) is 10.5. The summed E-state index contributed by atoms with van der Waals surface area (Å²) in [4.78, 5) is 10.8. The number of aromatic nitrogens is 3. The summed E-state index contributed by atoms with van der Waals surface area (Å²) < 4.78 is 8.85. The normalized spacial score (nSPS) is 13.9. The standard InChI is InChI=1S/C46H31N3O/c1-3-14-31-28(11-1)13-9-19-35(31)44-37-17-5-7-21-39(37)47-46(48-44)49-40-25-24-30(27-38(40)43-32-15-4-2-12-29(32)23-26-41(43)49)33-18-10-20-36-34-16-6-8-22-42(34)50-45(33)36/h1-4,6,9-21,23-27H,5,7-8,22H2. The quantitative estimate of drug-likeness (QED) is 0.193. The van der Waals surface area contributed by atoms with Gasteiger partial charge in [0.25, 0.3) is 0 Å². The second-order valence-electron chi connectivity index (χ2n) is 13.5. The molecule has 0 aliphatic heterocycles. The lowest BCUT2D eigenvalue weighted by atomic mass is 9.97. The van der Waals surface area contributed by atoms with Crippen molar-refractivity contribution in [3.8, 4) is 28.3 Å². The van der Waals surface area contributed by atoms with Crippen LogP contribution >= 0.6 is 0 Å². The van der Waals surface area contributed by atoms with Gasteiger partial charge in [0.15, 0.2) is 0 Å². The Labute approximate surface area is 288 Å². The van der Waals surface area contributed by atoms with Crippen molar-refractivity contribution in [2.75, 3.05) is 0 Å². The van der Waals surface area contributed by atoms with Gasteiger partial charge in [0.2, 0.25) is 5.95 Å². The molecule has 0 spiro atoms. The minimum absolute atomic E-state index is 0.689. The third-order valence-electron chi connectivity index (χ3n) is 10.7. The van der Waals surface area contributed by atoms with Gasteiger partial charge in [0.1, 0.15) is 11.3 Å². The molecule has 3 heterocycles. The molecule has 4 heteroatoms. The van der Waals surface area contributed by atoms with Crippen molar-refractivity contribution in [2.24, 2.45) is 0 Å². The fraction of sp³-hybridized carbons (Fsp3) is 0.0870. The Hall–Kier alpha value is -6.26. The summed E-state index contributed by atoms with van der Waals surface area (Å²) in [6, 6.07) is 41.6. The van der Waals surface area contributed by atoms with Crippen molar-refractivity contribution in [1.82, 2.24) is 14.5 Å². The molecule has 0 unspecified atom stereocenters. The van der Waals surface area contributed by atoms with Gasteiger partial charge in [-0.2, -0.15) is 0 Å². The third kappa shape index (κ3) is 3.99. The molecule has 0 amide bonds. The average molecular weight is 642 g/mol. The monoisotopic (exact) mass is 641 g/mol. The number of fused-ring (bicyclic) bond motifs is 10. The highest BCUT2D eigenvalue weighted by atomic mass is 16.3. The van der Waals surface area contributed by atoms with Crippen molar-refractivity contribution in [3.05, 3.63) is 143 Å². The summed E-state index contributed by atoms with van der Waals surface area (Å²) in [5.74, 6) is 1.77. The predicted molar refractivity (Wildman–Crippen MR) is 207 cm³/mol. The van der Waals surface area contributed by atoms with Crippen LogP contribution in [-0.4, -0.2) is 14.5 Å². The number of hydrogen-bond donors (Lipinski definition) is 0. The number of benzene rings is 6. The van der Waals surface area contributed by atoms with Crippen LogP contribution in [0, 0.1) is 0 Å². The van der Waals surface area contributed by atoms with E-state index < -0.39 is 0 Å². The topological polar surface area (TPSA) is 43.9 Å². The third-order valence-corrected chi connectivity index (χ3v) is 10.7. The van der Waals surface area contributed by atoms with Crippen LogP contribution < -0.4 is 10.6 Å². The van der Waals surface area contributed by atoms with E-state index in [1.807, 2.05) is 0 Å². The van der Waals surface area contributed by atoms with E-state index in [2.05, 4.69) is 144 Å². The second kappa shape index (κ2) is 10.6. The maximum Gasteiger partial charge on any atom is 0.235 e. The van der Waals surface area contributed by atoms with Gasteiger partial charge in [-0.05, 0) is 64.6 Å². The minimum atomic E-state index is 0.689. The molecule has 9 aromatic rings. The highest BCUT2D eigenvalue weighted by molar-refractivity contribution is 6.22. The first-order valence-corrected chi connectivity index (χ1v) is 17.5. The first-order valence-electron chi connectivity index (χ1n) is 17.5. The fourth-order valence-electron chi connectivity index (χ4n) is 8.39. The largest absolute Gasteiger partial charge is 0.460 e. The van der Waals surface area contributed by atoms with Crippen molar-refractivity contribution < 1.29 is 4.42 Å². The van der Waals surface area contributed by atoms with Gasteiger partial charge in [-0.3, -0.25) is 4.57 Å². The first-order chi connectivity index (χ1) is 24.8. The highest BCUT2D eigenvalue weighted by Crippen LogP contribution is 2.41. The van der Waals surface area contributed by atoms with E-state index in [1.165, 1.54) is 43.3 Å². The van der Waals surface area contributed by atoms with Crippen LogP contribution in [0.25, 0.3) is 101 Å². The van der Waals surface area contributed by atoms with Crippen LogP contribution in [0.1, 0.15) is 30.6 Å². The van der Waals surface area contributed by atoms with Crippen molar-refractivity contribution in [3.63, 3.8) is 0 Å². The first kappa shape index (κ1) is 27.7. The Morgan fingerprint density at radius 1 is 0.600 bits per heavy atom. The fourth-order valence-corrected chi connectivity index (χ4v) is 8.39. The number of nitrogens with zero attached hydrogens (tertiary/aromatic N) is 3. The molecule has 11 rings (SSSR count). The number of para-hydroxylation sites is 1. The molecule has 0 saturated heterocycles. The molecule has 2 aliphatic carbocycles. The maximum atomic E-state index is 6.58. The molecule has 6 aromatic carbocycles.